The molecule has 9 rings (SSSR count). The number of anilines is 6. The number of nitrogens with zero attached hydrogens (tertiary/aromatic N) is 4. The van der Waals surface area contributed by atoms with Gasteiger partial charge in [-0.2, -0.15) is 0 Å². The number of carbonyl (C=O) groups is 3. The molecular formula is C42H47F4N10NaO4. The van der Waals surface area contributed by atoms with Crippen LogP contribution in [0.2, 0.25) is 0 Å². The maximum atomic E-state index is 15.1. The van der Waals surface area contributed by atoms with E-state index in [4.69, 9.17) is 5.73 Å². The van der Waals surface area contributed by atoms with Crippen LogP contribution in [0.15, 0.2) is 36.9 Å². The molecule has 318 valence electrons. The number of nitrogens with one attached hydrogen (secondary N) is 5. The number of nitrogen functional groups attached to an aromatic ring is 1. The van der Waals surface area contributed by atoms with Gasteiger partial charge in [0.05, 0.1) is 0 Å². The van der Waals surface area contributed by atoms with Gasteiger partial charge in [-0.3, -0.25) is 14.4 Å². The summed E-state index contributed by atoms with van der Waals surface area (Å²) >= 11 is 0. The molecule has 2 spiro atoms. The Labute approximate surface area is 372 Å². The van der Waals surface area contributed by atoms with E-state index in [0.29, 0.717) is 105 Å². The van der Waals surface area contributed by atoms with E-state index in [1.165, 1.54) is 12.7 Å². The molecule has 2 aromatic heterocycles. The molecule has 4 heterocycles. The zero-order valence-corrected chi connectivity index (χ0v) is 36.7. The Morgan fingerprint density at radius 2 is 1.10 bits per heavy atom. The van der Waals surface area contributed by atoms with Gasteiger partial charge in [0.1, 0.15) is 47.0 Å². The van der Waals surface area contributed by atoms with Gasteiger partial charge in [-0.1, -0.05) is 12.8 Å². The summed E-state index contributed by atoms with van der Waals surface area (Å²) in [5.74, 6) is -5.19. The SMILES string of the molecule is Cc1cc(Nc2ncnc(N)c2C)cc2c1C(=O)NC21CCCCC1(F)F.Cc1cc(Nc2ncnc(NC(=O)C3CC3)c2C)cc2c1C(=O)NC21CCCCC1(F)F.[Na+].[OH-]. The van der Waals surface area contributed by atoms with E-state index in [0.717, 1.165) is 12.8 Å². The van der Waals surface area contributed by atoms with E-state index in [1.807, 2.05) is 0 Å². The molecule has 4 aromatic rings. The van der Waals surface area contributed by atoms with E-state index in [2.05, 4.69) is 46.5 Å². The second-order valence-electron chi connectivity index (χ2n) is 16.4. The third-order valence-electron chi connectivity index (χ3n) is 12.5. The summed E-state index contributed by atoms with van der Waals surface area (Å²) in [6, 6.07) is 6.78. The Balaban J connectivity index is 0.000000200. The second-order valence-corrected chi connectivity index (χ2v) is 16.4. The number of fused-ring (bicyclic) bond motifs is 4. The van der Waals surface area contributed by atoms with Crippen molar-refractivity contribution in [3.63, 3.8) is 0 Å². The average molecular weight is 855 g/mol. The molecule has 5 aliphatic rings. The first kappa shape index (κ1) is 45.6. The van der Waals surface area contributed by atoms with Crippen molar-refractivity contribution < 1.29 is 67.0 Å². The van der Waals surface area contributed by atoms with Gasteiger partial charge < -0.3 is 37.8 Å². The van der Waals surface area contributed by atoms with Crippen LogP contribution in [-0.4, -0.2) is 55.0 Å². The third-order valence-corrected chi connectivity index (χ3v) is 12.5. The van der Waals surface area contributed by atoms with Crippen molar-refractivity contribution in [3.05, 3.63) is 81.4 Å². The minimum Gasteiger partial charge on any atom is -0.870 e. The number of hydrogen-bond acceptors (Lipinski definition) is 11. The molecule has 19 heteroatoms. The minimum absolute atomic E-state index is 0. The number of hydrogen-bond donors (Lipinski definition) is 6. The van der Waals surface area contributed by atoms with Crippen LogP contribution in [0.5, 0.6) is 0 Å². The van der Waals surface area contributed by atoms with Crippen molar-refractivity contribution in [3.8, 4) is 0 Å². The molecule has 14 nitrogen and oxygen atoms in total. The molecule has 3 amide bonds. The van der Waals surface area contributed by atoms with Crippen LogP contribution >= 0.6 is 0 Å². The zero-order chi connectivity index (χ0) is 42.1. The van der Waals surface area contributed by atoms with Crippen molar-refractivity contribution in [2.24, 2.45) is 5.92 Å². The van der Waals surface area contributed by atoms with Crippen molar-refractivity contribution >= 4 is 52.4 Å². The number of aromatic nitrogens is 4. The molecule has 2 atom stereocenters. The standard InChI is InChI=1S/C23H25F2N5O2.C19H21F2N5O.Na.H2O/c1-12-9-15(28-18-13(2)19(27-11-26-18)29-20(31)14-5-6-14)10-16-17(12)21(32)30-22(16)7-3-4-8-23(22,24)25;1-10-7-12(25-16-11(2)15(22)23-9-24-16)8-13-14(10)17(27)26-18(13)5-3-4-6-19(18,20)21;;/h9-11,14H,3-8H2,1-2H3,(H,30,32)(H2,26,27,28,29,31);7-9H,3-6H2,1-2H3,(H,26,27)(H3,22,23,24,25);;1H2/q;;+1;/p-1. The summed E-state index contributed by atoms with van der Waals surface area (Å²) in [7, 11) is 0. The van der Waals surface area contributed by atoms with Crippen LogP contribution in [0.4, 0.5) is 52.2 Å². The van der Waals surface area contributed by atoms with Crippen LogP contribution in [-0.2, 0) is 15.9 Å². The van der Waals surface area contributed by atoms with Gasteiger partial charge in [-0.25, -0.2) is 37.5 Å². The van der Waals surface area contributed by atoms with E-state index < -0.39 is 34.7 Å². The van der Waals surface area contributed by atoms with Crippen LogP contribution in [0, 0.1) is 33.6 Å². The second kappa shape index (κ2) is 16.8. The largest absolute Gasteiger partial charge is 1.00 e. The van der Waals surface area contributed by atoms with Gasteiger partial charge in [0.15, 0.2) is 0 Å². The van der Waals surface area contributed by atoms with Gasteiger partial charge >= 0.3 is 29.6 Å². The van der Waals surface area contributed by atoms with E-state index >= 15 is 8.78 Å². The summed E-state index contributed by atoms with van der Waals surface area (Å²) in [5.41, 5.74) is 7.59. The van der Waals surface area contributed by atoms with E-state index in [-0.39, 0.29) is 72.5 Å². The van der Waals surface area contributed by atoms with Gasteiger partial charge in [0.25, 0.3) is 23.7 Å². The summed E-state index contributed by atoms with van der Waals surface area (Å²) < 4.78 is 60.1. The number of aryl methyl sites for hydroxylation is 2. The van der Waals surface area contributed by atoms with Gasteiger partial charge in [0.2, 0.25) is 5.91 Å². The minimum atomic E-state index is -3.03. The van der Waals surface area contributed by atoms with Gasteiger partial charge in [0, 0.05) is 52.4 Å². The van der Waals surface area contributed by atoms with Crippen LogP contribution in [0.3, 0.4) is 0 Å². The Kier molecular flexibility index (Phi) is 12.5. The maximum absolute atomic E-state index is 15.1. The summed E-state index contributed by atoms with van der Waals surface area (Å²) in [6.07, 6.45) is 6.56. The molecule has 8 N–H and O–H groups in total. The Bertz CT molecular complexity index is 2420. The normalized spacial score (nSPS) is 22.6. The van der Waals surface area contributed by atoms with Crippen LogP contribution in [0.1, 0.15) is 118 Å². The molecule has 2 aromatic carbocycles. The summed E-state index contributed by atoms with van der Waals surface area (Å²) in [6.45, 7) is 7.06. The quantitative estimate of drug-likeness (QED) is 0.115. The fourth-order valence-corrected chi connectivity index (χ4v) is 9.01. The number of benzene rings is 2. The van der Waals surface area contributed by atoms with E-state index in [9.17, 15) is 23.2 Å². The molecule has 3 fully saturated rings. The van der Waals surface area contributed by atoms with Crippen molar-refractivity contribution in [1.82, 2.24) is 30.6 Å². The molecule has 0 bridgehead atoms. The first-order valence-corrected chi connectivity index (χ1v) is 19.9. The molecule has 61 heavy (non-hydrogen) atoms. The van der Waals surface area contributed by atoms with Gasteiger partial charge in [-0.05, 0) is 113 Å². The van der Waals surface area contributed by atoms with Crippen molar-refractivity contribution in [1.29, 1.82) is 0 Å². The molecule has 2 aliphatic heterocycles. The van der Waals surface area contributed by atoms with Crippen LogP contribution < -0.4 is 61.9 Å². The first-order valence-electron chi connectivity index (χ1n) is 19.9. The monoisotopic (exact) mass is 854 g/mol. The predicted octanol–water partition coefficient (Wildman–Crippen LogP) is 4.73. The number of nitrogens with two attached hydrogens (primary N) is 1. The van der Waals surface area contributed by atoms with Crippen LogP contribution in [0.25, 0.3) is 0 Å². The fraction of sp³-hybridized carbons (Fsp3) is 0.452. The van der Waals surface area contributed by atoms with Gasteiger partial charge in [-0.15, -0.1) is 0 Å². The van der Waals surface area contributed by atoms with E-state index in [1.54, 1.807) is 52.0 Å². The number of carbonyl (C=O) groups excluding carboxylic acids is 3. The molecule has 0 radical (unpaired) electrons. The first-order chi connectivity index (χ1) is 28.0. The number of rotatable bonds is 6. The number of alkyl halides is 4. The smallest absolute Gasteiger partial charge is 0.870 e. The van der Waals surface area contributed by atoms with Crippen molar-refractivity contribution in [2.75, 3.05) is 21.7 Å². The average Bonchev–Trinajstić information content (AvgIpc) is 3.93. The number of amides is 3. The zero-order valence-electron chi connectivity index (χ0n) is 34.7. The molecule has 0 saturated heterocycles. The Hall–Kier alpha value is -4.91. The molecule has 2 unspecified atom stereocenters. The van der Waals surface area contributed by atoms with Crippen molar-refractivity contribution in [2.45, 2.75) is 115 Å². The third kappa shape index (κ3) is 7.91. The number of halogens is 4. The maximum Gasteiger partial charge on any atom is 1.00 e. The molecular weight excluding hydrogens is 808 g/mol. The fourth-order valence-electron chi connectivity index (χ4n) is 9.01. The molecule has 3 aliphatic carbocycles. The summed E-state index contributed by atoms with van der Waals surface area (Å²) in [4.78, 5) is 53.8. The topological polar surface area (TPSA) is 219 Å². The Morgan fingerprint density at radius 3 is 1.56 bits per heavy atom. The predicted molar refractivity (Wildman–Crippen MR) is 215 cm³/mol. The molecule has 3 saturated carbocycles. The summed E-state index contributed by atoms with van der Waals surface area (Å²) in [5, 5.41) is 14.4. The Morgan fingerprint density at radius 1 is 0.672 bits per heavy atom.